The van der Waals surface area contributed by atoms with E-state index in [9.17, 15) is 61.0 Å². The summed E-state index contributed by atoms with van der Waals surface area (Å²) in [6.45, 7) is 1.53. The summed E-state index contributed by atoms with van der Waals surface area (Å²) in [4.78, 5) is 13.4. The van der Waals surface area contributed by atoms with Gasteiger partial charge in [-0.3, -0.25) is 4.79 Å². The number of rotatable bonds is 50. The minimum atomic E-state index is -1.99. The minimum absolute atomic E-state index is 0.222. The summed E-state index contributed by atoms with van der Waals surface area (Å²) in [6.07, 6.45) is 44.8. The highest BCUT2D eigenvalue weighted by Gasteiger charge is 2.53. The molecule has 0 aromatic heterocycles. The van der Waals surface area contributed by atoms with Gasteiger partial charge in [-0.15, -0.1) is 0 Å². The molecule has 3 aliphatic rings. The van der Waals surface area contributed by atoms with Crippen LogP contribution in [0.1, 0.15) is 194 Å². The molecule has 520 valence electrons. The number of ether oxygens (including phenoxy) is 6. The molecule has 0 spiro atoms. The molecule has 0 saturated carbocycles. The molecule has 3 fully saturated rings. The maximum absolute atomic E-state index is 13.4. The zero-order valence-electron chi connectivity index (χ0n) is 54.8. The highest BCUT2D eigenvalue weighted by molar-refractivity contribution is 5.76. The number of hydrogen-bond donors (Lipinski definition) is 12. The number of carbonyl (C=O) groups excluding carboxylic acids is 1. The number of nitrogens with one attached hydrogen (secondary N) is 1. The second-order valence-corrected chi connectivity index (χ2v) is 23.9. The van der Waals surface area contributed by atoms with Crippen LogP contribution in [0.5, 0.6) is 0 Å². The van der Waals surface area contributed by atoms with Gasteiger partial charge in [0, 0.05) is 6.42 Å². The van der Waals surface area contributed by atoms with Crippen molar-refractivity contribution in [3.8, 4) is 0 Å². The van der Waals surface area contributed by atoms with Crippen LogP contribution in [0.15, 0.2) is 122 Å². The van der Waals surface area contributed by atoms with E-state index in [1.807, 2.05) is 6.08 Å². The fourth-order valence-electron chi connectivity index (χ4n) is 10.7. The molecule has 0 bridgehead atoms. The highest BCUT2D eigenvalue weighted by atomic mass is 16.8. The smallest absolute Gasteiger partial charge is 0.220 e. The molecule has 17 atom stereocenters. The standard InChI is InChI=1S/C72H119NO18/c1-3-5-7-9-11-13-15-16-17-18-19-20-21-22-23-24-25-26-27-28-29-30-31-32-33-34-35-36-37-38-40-42-44-46-48-50-60(78)73-55(56(77)49-47-45-43-41-39-14-12-10-8-6-4-2)54-86-70-66(84)63(81)68(58(52-75)88-70)91-72-67(85)64(82)69(59(53-76)89-72)90-71-65(83)62(80)61(79)57(51-74)87-71/h5,7,11,13,16-17,19-20,22-23,25-26,28-29,31-32,39,41,47,49,55-59,61-72,74-77,79-85H,3-4,6,8-10,12,14-15,18,21,24,27,30,33-38,40,42-46,48,50-54H2,1-2H3,(H,73,78)/b7-5-,13-11-,17-16-,20-19-,23-22-,26-25-,29-28-,32-31-,41-39+,49-47+. The minimum Gasteiger partial charge on any atom is -0.394 e. The van der Waals surface area contributed by atoms with Crippen LogP contribution < -0.4 is 5.32 Å². The van der Waals surface area contributed by atoms with Crippen molar-refractivity contribution in [2.45, 2.75) is 298 Å². The fourth-order valence-corrected chi connectivity index (χ4v) is 10.7. The Balaban J connectivity index is 1.36. The van der Waals surface area contributed by atoms with Crippen molar-refractivity contribution in [1.29, 1.82) is 0 Å². The van der Waals surface area contributed by atoms with E-state index in [2.05, 4.69) is 129 Å². The van der Waals surface area contributed by atoms with Gasteiger partial charge in [0.2, 0.25) is 5.91 Å². The molecular formula is C72H119NO18. The van der Waals surface area contributed by atoms with Crippen LogP contribution in [0, 0.1) is 0 Å². The summed E-state index contributed by atoms with van der Waals surface area (Å²) in [5.74, 6) is -0.298. The number of hydrogen-bond acceptors (Lipinski definition) is 18. The van der Waals surface area contributed by atoms with Crippen molar-refractivity contribution in [1.82, 2.24) is 5.32 Å². The number of allylic oxidation sites excluding steroid dienone is 19. The molecule has 1 amide bonds. The average Bonchev–Trinajstić information content (AvgIpc) is 1.05. The fraction of sp³-hybridized carbons (Fsp3) is 0.708. The van der Waals surface area contributed by atoms with Crippen LogP contribution >= 0.6 is 0 Å². The van der Waals surface area contributed by atoms with Crippen molar-refractivity contribution in [3.05, 3.63) is 122 Å². The van der Waals surface area contributed by atoms with Crippen LogP contribution in [0.4, 0.5) is 0 Å². The molecule has 0 aliphatic carbocycles. The van der Waals surface area contributed by atoms with Gasteiger partial charge in [-0.25, -0.2) is 0 Å². The van der Waals surface area contributed by atoms with Crippen molar-refractivity contribution >= 4 is 5.91 Å². The van der Waals surface area contributed by atoms with Crippen molar-refractivity contribution in [3.63, 3.8) is 0 Å². The van der Waals surface area contributed by atoms with Gasteiger partial charge in [-0.2, -0.15) is 0 Å². The molecule has 19 heteroatoms. The quantitative estimate of drug-likeness (QED) is 0.0200. The number of carbonyl (C=O) groups is 1. The summed E-state index contributed by atoms with van der Waals surface area (Å²) in [5, 5.41) is 120. The summed E-state index contributed by atoms with van der Waals surface area (Å²) in [5.41, 5.74) is 0. The van der Waals surface area contributed by atoms with Gasteiger partial charge in [0.1, 0.15) is 73.2 Å². The number of unbranched alkanes of at least 4 members (excludes halogenated alkanes) is 16. The van der Waals surface area contributed by atoms with E-state index in [1.165, 1.54) is 57.8 Å². The SMILES string of the molecule is CC/C=C\C/C=C\C/C=C\C/C=C\C/C=C\C/C=C\C/C=C\C/C=C\CCCCCCCCCCCCC(=O)NC(COC1OC(CO)C(OC2OC(CO)C(OC3OC(CO)C(O)C(O)C3O)C(O)C2O)C(O)C1O)C(O)/C=C/CC/C=C/CCCCCCC. The Morgan fingerprint density at radius 1 is 0.407 bits per heavy atom. The predicted molar refractivity (Wildman–Crippen MR) is 355 cm³/mol. The van der Waals surface area contributed by atoms with Gasteiger partial charge in [-0.05, 0) is 96.3 Å². The Bertz CT molecular complexity index is 2120. The first kappa shape index (κ1) is 81.4. The number of amides is 1. The Morgan fingerprint density at radius 3 is 1.23 bits per heavy atom. The van der Waals surface area contributed by atoms with Crippen LogP contribution in [-0.2, 0) is 33.2 Å². The molecule has 3 aliphatic heterocycles. The van der Waals surface area contributed by atoms with Gasteiger partial charge in [0.05, 0.1) is 38.6 Å². The lowest BCUT2D eigenvalue weighted by Gasteiger charge is -2.48. The third-order valence-electron chi connectivity index (χ3n) is 16.2. The number of aliphatic hydroxyl groups excluding tert-OH is 11. The Labute approximate surface area is 544 Å². The molecule has 3 rings (SSSR count). The lowest BCUT2D eigenvalue weighted by Crippen LogP contribution is -2.66. The third-order valence-corrected chi connectivity index (χ3v) is 16.2. The Hall–Kier alpha value is -3.81. The van der Waals surface area contributed by atoms with Gasteiger partial charge in [-0.1, -0.05) is 212 Å². The van der Waals surface area contributed by atoms with E-state index in [0.29, 0.717) is 12.8 Å². The molecule has 17 unspecified atom stereocenters. The van der Waals surface area contributed by atoms with E-state index in [1.54, 1.807) is 6.08 Å². The van der Waals surface area contributed by atoms with Crippen LogP contribution in [0.3, 0.4) is 0 Å². The second-order valence-electron chi connectivity index (χ2n) is 23.9. The molecule has 0 aromatic rings. The zero-order valence-corrected chi connectivity index (χ0v) is 54.8. The van der Waals surface area contributed by atoms with Gasteiger partial charge < -0.3 is 89.9 Å². The van der Waals surface area contributed by atoms with Crippen LogP contribution in [0.25, 0.3) is 0 Å². The first-order chi connectivity index (χ1) is 44.3. The summed E-state index contributed by atoms with van der Waals surface area (Å²) < 4.78 is 34.2. The van der Waals surface area contributed by atoms with Crippen LogP contribution in [0.2, 0.25) is 0 Å². The summed E-state index contributed by atoms with van der Waals surface area (Å²) in [6, 6.07) is -0.999. The largest absolute Gasteiger partial charge is 0.394 e. The Kier molecular flexibility index (Phi) is 46.9. The van der Waals surface area contributed by atoms with Crippen molar-refractivity contribution in [2.75, 3.05) is 26.4 Å². The van der Waals surface area contributed by atoms with E-state index in [-0.39, 0.29) is 18.9 Å². The molecule has 0 aromatic carbocycles. The van der Waals surface area contributed by atoms with E-state index >= 15 is 0 Å². The lowest BCUT2D eigenvalue weighted by atomic mass is 9.96. The highest BCUT2D eigenvalue weighted by Crippen LogP contribution is 2.33. The van der Waals surface area contributed by atoms with E-state index in [0.717, 1.165) is 103 Å². The van der Waals surface area contributed by atoms with Crippen molar-refractivity contribution < 1.29 is 89.4 Å². The van der Waals surface area contributed by atoms with Gasteiger partial charge in [0.25, 0.3) is 0 Å². The molecule has 12 N–H and O–H groups in total. The van der Waals surface area contributed by atoms with Crippen molar-refractivity contribution in [2.24, 2.45) is 0 Å². The molecule has 91 heavy (non-hydrogen) atoms. The zero-order chi connectivity index (χ0) is 66.1. The molecule has 19 nitrogen and oxygen atoms in total. The van der Waals surface area contributed by atoms with Gasteiger partial charge in [0.15, 0.2) is 18.9 Å². The molecule has 3 saturated heterocycles. The molecule has 3 heterocycles. The van der Waals surface area contributed by atoms with E-state index < -0.39 is 124 Å². The monoisotopic (exact) mass is 1290 g/mol. The summed E-state index contributed by atoms with van der Waals surface area (Å²) in [7, 11) is 0. The molecular weight excluding hydrogens is 1170 g/mol. The topological polar surface area (TPSA) is 307 Å². The van der Waals surface area contributed by atoms with Gasteiger partial charge >= 0.3 is 0 Å². The predicted octanol–water partition coefficient (Wildman–Crippen LogP) is 8.82. The second kappa shape index (κ2) is 52.5. The molecule has 0 radical (unpaired) electrons. The average molecular weight is 1290 g/mol. The number of aliphatic hydroxyl groups is 11. The maximum atomic E-state index is 13.4. The normalized spacial score (nSPS) is 28.6. The summed E-state index contributed by atoms with van der Waals surface area (Å²) >= 11 is 0. The van der Waals surface area contributed by atoms with Crippen LogP contribution in [-0.4, -0.2) is 193 Å². The Morgan fingerprint density at radius 2 is 0.769 bits per heavy atom. The van der Waals surface area contributed by atoms with E-state index in [4.69, 9.17) is 28.4 Å². The maximum Gasteiger partial charge on any atom is 0.220 e. The first-order valence-electron chi connectivity index (χ1n) is 34.3. The first-order valence-corrected chi connectivity index (χ1v) is 34.3. The lowest BCUT2D eigenvalue weighted by molar-refractivity contribution is -0.379. The third kappa shape index (κ3) is 34.4.